The second-order valence-electron chi connectivity index (χ2n) is 9.19. The van der Waals surface area contributed by atoms with Crippen LogP contribution in [0.1, 0.15) is 12.8 Å². The largest absolute Gasteiger partial charge is 0.497 e. The highest BCUT2D eigenvalue weighted by Crippen LogP contribution is 2.23. The molecule has 5 rings (SSSR count). The number of piperazine rings is 1. The molecule has 0 bridgehead atoms. The molecule has 2 aromatic heterocycles. The quantitative estimate of drug-likeness (QED) is 0.581. The summed E-state index contributed by atoms with van der Waals surface area (Å²) in [5, 5.41) is 1.10. The number of amides is 1. The van der Waals surface area contributed by atoms with E-state index in [0.29, 0.717) is 12.5 Å². The van der Waals surface area contributed by atoms with Crippen molar-refractivity contribution in [2.75, 3.05) is 57.8 Å². The number of rotatable bonds is 6. The average Bonchev–Trinajstić information content (AvgIpc) is 3.27. The Morgan fingerprint density at radius 3 is 2.76 bits per heavy atom. The van der Waals surface area contributed by atoms with E-state index in [-0.39, 0.29) is 5.91 Å². The SMILES string of the molecule is COc1ccc2c(ccn2CC(=O)N2CCCC(CN3CCN(c4ccccn4)CC3)C2)c1. The number of carbonyl (C=O) groups excluding carboxylic acids is 1. The summed E-state index contributed by atoms with van der Waals surface area (Å²) in [6, 6.07) is 14.2. The molecule has 0 spiro atoms. The molecule has 2 saturated heterocycles. The van der Waals surface area contributed by atoms with Gasteiger partial charge in [0.2, 0.25) is 5.91 Å². The van der Waals surface area contributed by atoms with Gasteiger partial charge in [0.05, 0.1) is 7.11 Å². The summed E-state index contributed by atoms with van der Waals surface area (Å²) >= 11 is 0. The van der Waals surface area contributed by atoms with Gasteiger partial charge in [-0.05, 0) is 55.2 Å². The Morgan fingerprint density at radius 2 is 1.97 bits per heavy atom. The van der Waals surface area contributed by atoms with Crippen LogP contribution in [-0.2, 0) is 11.3 Å². The number of benzene rings is 1. The van der Waals surface area contributed by atoms with Crippen molar-refractivity contribution in [2.45, 2.75) is 19.4 Å². The smallest absolute Gasteiger partial charge is 0.242 e. The second-order valence-corrected chi connectivity index (χ2v) is 9.19. The van der Waals surface area contributed by atoms with E-state index in [1.54, 1.807) is 7.11 Å². The normalized spacial score (nSPS) is 19.7. The minimum atomic E-state index is 0.216. The van der Waals surface area contributed by atoms with Crippen LogP contribution >= 0.6 is 0 Å². The number of aromatic nitrogens is 2. The van der Waals surface area contributed by atoms with E-state index >= 15 is 0 Å². The fourth-order valence-electron chi connectivity index (χ4n) is 5.19. The summed E-state index contributed by atoms with van der Waals surface area (Å²) in [7, 11) is 1.68. The zero-order chi connectivity index (χ0) is 22.6. The van der Waals surface area contributed by atoms with Gasteiger partial charge in [-0.2, -0.15) is 0 Å². The Labute approximate surface area is 195 Å². The van der Waals surface area contributed by atoms with Crippen LogP contribution < -0.4 is 9.64 Å². The topological polar surface area (TPSA) is 53.8 Å². The van der Waals surface area contributed by atoms with Crippen molar-refractivity contribution in [2.24, 2.45) is 5.92 Å². The van der Waals surface area contributed by atoms with E-state index in [1.807, 2.05) is 36.7 Å². The van der Waals surface area contributed by atoms with E-state index in [1.165, 1.54) is 6.42 Å². The van der Waals surface area contributed by atoms with Crippen LogP contribution in [0, 0.1) is 5.92 Å². The molecule has 2 aliphatic heterocycles. The van der Waals surface area contributed by atoms with Gasteiger partial charge >= 0.3 is 0 Å². The molecule has 0 aliphatic carbocycles. The first kappa shape index (κ1) is 21.8. The van der Waals surface area contributed by atoms with Crippen molar-refractivity contribution in [3.63, 3.8) is 0 Å². The highest BCUT2D eigenvalue weighted by Gasteiger charge is 2.27. The Morgan fingerprint density at radius 1 is 1.09 bits per heavy atom. The first-order valence-corrected chi connectivity index (χ1v) is 12.0. The van der Waals surface area contributed by atoms with Crippen molar-refractivity contribution in [3.8, 4) is 5.75 Å². The van der Waals surface area contributed by atoms with E-state index in [0.717, 1.165) is 74.7 Å². The summed E-state index contributed by atoms with van der Waals surface area (Å²) in [6.45, 7) is 7.34. The molecule has 3 aromatic rings. The third kappa shape index (κ3) is 4.98. The molecule has 0 saturated carbocycles. The second kappa shape index (κ2) is 9.83. The minimum absolute atomic E-state index is 0.216. The lowest BCUT2D eigenvalue weighted by molar-refractivity contribution is -0.133. The molecular formula is C26H33N5O2. The van der Waals surface area contributed by atoms with Crippen molar-refractivity contribution < 1.29 is 9.53 Å². The molecule has 174 valence electrons. The molecule has 2 aliphatic rings. The predicted octanol–water partition coefficient (Wildman–Crippen LogP) is 3.11. The molecule has 33 heavy (non-hydrogen) atoms. The fraction of sp³-hybridized carbons (Fsp3) is 0.462. The molecular weight excluding hydrogens is 414 g/mol. The number of nitrogens with zero attached hydrogens (tertiary/aromatic N) is 5. The van der Waals surface area contributed by atoms with Crippen LogP contribution in [0.2, 0.25) is 0 Å². The number of pyridine rings is 1. The highest BCUT2D eigenvalue weighted by molar-refractivity contribution is 5.84. The first-order chi connectivity index (χ1) is 16.2. The fourth-order valence-corrected chi connectivity index (χ4v) is 5.19. The monoisotopic (exact) mass is 447 g/mol. The van der Waals surface area contributed by atoms with Gasteiger partial charge in [0.1, 0.15) is 18.1 Å². The van der Waals surface area contributed by atoms with Crippen LogP contribution in [0.15, 0.2) is 54.9 Å². The Hall–Kier alpha value is -3.06. The number of fused-ring (bicyclic) bond motifs is 1. The summed E-state index contributed by atoms with van der Waals surface area (Å²) in [5.41, 5.74) is 1.07. The maximum absolute atomic E-state index is 13.1. The predicted molar refractivity (Wildman–Crippen MR) is 131 cm³/mol. The first-order valence-electron chi connectivity index (χ1n) is 12.0. The van der Waals surface area contributed by atoms with Gasteiger partial charge in [0, 0.05) is 69.1 Å². The Bertz CT molecular complexity index is 1070. The molecule has 1 unspecified atom stereocenters. The number of anilines is 1. The average molecular weight is 448 g/mol. The van der Waals surface area contributed by atoms with Gasteiger partial charge in [-0.1, -0.05) is 6.07 Å². The number of methoxy groups -OCH3 is 1. The molecule has 2 fully saturated rings. The van der Waals surface area contributed by atoms with Crippen molar-refractivity contribution in [3.05, 3.63) is 54.9 Å². The third-order valence-electron chi connectivity index (χ3n) is 7.02. The van der Waals surface area contributed by atoms with Crippen molar-refractivity contribution in [1.82, 2.24) is 19.4 Å². The Balaban J connectivity index is 1.14. The summed E-state index contributed by atoms with van der Waals surface area (Å²) in [4.78, 5) is 24.6. The van der Waals surface area contributed by atoms with Gasteiger partial charge in [0.15, 0.2) is 0 Å². The molecule has 1 atom stereocenters. The molecule has 4 heterocycles. The standard InChI is InChI=1S/C26H33N5O2/c1-33-23-7-8-24-22(17-23)9-12-30(24)20-26(32)31-11-4-5-21(19-31)18-28-13-15-29(16-14-28)25-6-2-3-10-27-25/h2-3,6-10,12,17,21H,4-5,11,13-16,18-20H2,1H3. The summed E-state index contributed by atoms with van der Waals surface area (Å²) in [5.74, 6) is 2.68. The van der Waals surface area contributed by atoms with Gasteiger partial charge in [-0.25, -0.2) is 4.98 Å². The van der Waals surface area contributed by atoms with E-state index in [4.69, 9.17) is 4.74 Å². The van der Waals surface area contributed by atoms with Gasteiger partial charge < -0.3 is 19.1 Å². The lowest BCUT2D eigenvalue weighted by Crippen LogP contribution is -2.50. The zero-order valence-corrected chi connectivity index (χ0v) is 19.4. The van der Waals surface area contributed by atoms with Gasteiger partial charge in [-0.3, -0.25) is 9.69 Å². The van der Waals surface area contributed by atoms with Crippen molar-refractivity contribution >= 4 is 22.6 Å². The molecule has 1 aromatic carbocycles. The number of likely N-dealkylation sites (tertiary alicyclic amines) is 1. The van der Waals surface area contributed by atoms with Crippen LogP contribution in [0.25, 0.3) is 10.9 Å². The number of ether oxygens (including phenoxy) is 1. The van der Waals surface area contributed by atoms with E-state index in [9.17, 15) is 4.79 Å². The number of piperidine rings is 1. The van der Waals surface area contributed by atoms with Crippen LogP contribution in [-0.4, -0.2) is 78.2 Å². The summed E-state index contributed by atoms with van der Waals surface area (Å²) in [6.07, 6.45) is 6.16. The van der Waals surface area contributed by atoms with Gasteiger partial charge in [0.25, 0.3) is 0 Å². The van der Waals surface area contributed by atoms with Crippen LogP contribution in [0.3, 0.4) is 0 Å². The zero-order valence-electron chi connectivity index (χ0n) is 19.4. The lowest BCUT2D eigenvalue weighted by Gasteiger charge is -2.39. The van der Waals surface area contributed by atoms with Crippen LogP contribution in [0.5, 0.6) is 5.75 Å². The number of hydrogen-bond acceptors (Lipinski definition) is 5. The van der Waals surface area contributed by atoms with Crippen molar-refractivity contribution in [1.29, 1.82) is 0 Å². The van der Waals surface area contributed by atoms with Crippen LogP contribution in [0.4, 0.5) is 5.82 Å². The van der Waals surface area contributed by atoms with Gasteiger partial charge in [-0.15, -0.1) is 0 Å². The molecule has 7 heteroatoms. The Kier molecular flexibility index (Phi) is 6.48. The van der Waals surface area contributed by atoms with E-state index < -0.39 is 0 Å². The highest BCUT2D eigenvalue weighted by atomic mass is 16.5. The molecule has 1 amide bonds. The number of carbonyl (C=O) groups is 1. The molecule has 7 nitrogen and oxygen atoms in total. The molecule has 0 N–H and O–H groups in total. The molecule has 0 radical (unpaired) electrons. The summed E-state index contributed by atoms with van der Waals surface area (Å²) < 4.78 is 7.37. The van der Waals surface area contributed by atoms with E-state index in [2.05, 4.69) is 42.4 Å². The maximum Gasteiger partial charge on any atom is 0.242 e. The third-order valence-corrected chi connectivity index (χ3v) is 7.02. The maximum atomic E-state index is 13.1. The number of hydrogen-bond donors (Lipinski definition) is 0. The lowest BCUT2D eigenvalue weighted by atomic mass is 9.97. The minimum Gasteiger partial charge on any atom is -0.497 e.